The van der Waals surface area contributed by atoms with Crippen LogP contribution in [0.3, 0.4) is 0 Å². The Hall–Kier alpha value is -1.21. The summed E-state index contributed by atoms with van der Waals surface area (Å²) in [7, 11) is 1.62. The Morgan fingerprint density at radius 2 is 2.24 bits per heavy atom. The number of methoxy groups -OCH3 is 1. The first-order chi connectivity index (χ1) is 8.11. The second-order valence-corrected chi connectivity index (χ2v) is 4.78. The lowest BCUT2D eigenvalue weighted by molar-refractivity contribution is -0.119. The number of anilines is 1. The van der Waals surface area contributed by atoms with E-state index in [9.17, 15) is 4.79 Å². The summed E-state index contributed by atoms with van der Waals surface area (Å²) in [6, 6.07) is -0.402. The van der Waals surface area contributed by atoms with E-state index in [2.05, 4.69) is 25.9 Å². The minimum absolute atomic E-state index is 0.0141. The van der Waals surface area contributed by atoms with Gasteiger partial charge in [0.05, 0.1) is 10.6 Å². The summed E-state index contributed by atoms with van der Waals surface area (Å²) in [5.74, 6) is 0.118. The maximum absolute atomic E-state index is 11.4. The highest BCUT2D eigenvalue weighted by molar-refractivity contribution is 9.10. The lowest BCUT2D eigenvalue weighted by atomic mass is 10.2. The van der Waals surface area contributed by atoms with Crippen LogP contribution in [-0.2, 0) is 9.53 Å². The summed E-state index contributed by atoms with van der Waals surface area (Å²) in [6.07, 6.45) is 3.84. The number of nitrogens with zero attached hydrogens (tertiary/aromatic N) is 3. The van der Waals surface area contributed by atoms with Crippen molar-refractivity contribution >= 4 is 27.8 Å². The first-order valence-corrected chi connectivity index (χ1v) is 5.97. The number of primary amides is 1. The van der Waals surface area contributed by atoms with E-state index in [4.69, 9.17) is 10.5 Å². The second-order valence-electron chi connectivity index (χ2n) is 3.87. The van der Waals surface area contributed by atoms with Crippen molar-refractivity contribution in [3.8, 4) is 0 Å². The zero-order chi connectivity index (χ0) is 12.4. The third kappa shape index (κ3) is 2.55. The largest absolute Gasteiger partial charge is 0.380 e. The highest BCUT2D eigenvalue weighted by Crippen LogP contribution is 2.24. The molecule has 6 nitrogen and oxygen atoms in total. The van der Waals surface area contributed by atoms with Crippen LogP contribution < -0.4 is 10.6 Å². The molecule has 17 heavy (non-hydrogen) atoms. The molecule has 0 aliphatic carbocycles. The van der Waals surface area contributed by atoms with Gasteiger partial charge in [0.25, 0.3) is 0 Å². The molecule has 1 saturated heterocycles. The molecule has 2 heterocycles. The van der Waals surface area contributed by atoms with Crippen LogP contribution >= 0.6 is 15.9 Å². The van der Waals surface area contributed by atoms with Crippen LogP contribution in [0.1, 0.15) is 6.42 Å². The van der Waals surface area contributed by atoms with Crippen molar-refractivity contribution < 1.29 is 9.53 Å². The van der Waals surface area contributed by atoms with E-state index in [-0.39, 0.29) is 12.0 Å². The van der Waals surface area contributed by atoms with Gasteiger partial charge in [0.2, 0.25) is 11.9 Å². The topological polar surface area (TPSA) is 81.3 Å². The van der Waals surface area contributed by atoms with E-state index < -0.39 is 6.04 Å². The number of carbonyl (C=O) groups is 1. The molecule has 0 spiro atoms. The molecule has 0 bridgehead atoms. The standard InChI is InChI=1S/C10H13BrN4O2/c1-17-7-2-8(9(12)16)15(5-7)10-13-3-6(11)4-14-10/h3-4,7-8H,2,5H2,1H3,(H2,12,16)/t7-,8-/m0/s1. The third-order valence-corrected chi connectivity index (χ3v) is 3.20. The lowest BCUT2D eigenvalue weighted by Crippen LogP contribution is -2.41. The fourth-order valence-electron chi connectivity index (χ4n) is 1.91. The molecule has 1 aromatic rings. The molecule has 1 aliphatic rings. The number of rotatable bonds is 3. The zero-order valence-corrected chi connectivity index (χ0v) is 10.9. The molecule has 7 heteroatoms. The summed E-state index contributed by atoms with van der Waals surface area (Å²) < 4.78 is 6.04. The molecular formula is C10H13BrN4O2. The molecule has 0 aromatic carbocycles. The van der Waals surface area contributed by atoms with Gasteiger partial charge >= 0.3 is 0 Å². The summed E-state index contributed by atoms with van der Waals surface area (Å²) >= 11 is 3.26. The van der Waals surface area contributed by atoms with Crippen molar-refractivity contribution in [2.75, 3.05) is 18.6 Å². The molecule has 2 N–H and O–H groups in total. The van der Waals surface area contributed by atoms with Crippen LogP contribution in [0.15, 0.2) is 16.9 Å². The molecule has 2 atom stereocenters. The van der Waals surface area contributed by atoms with Crippen molar-refractivity contribution in [3.63, 3.8) is 0 Å². The van der Waals surface area contributed by atoms with E-state index in [1.54, 1.807) is 24.4 Å². The second kappa shape index (κ2) is 4.97. The average molecular weight is 301 g/mol. The van der Waals surface area contributed by atoms with Gasteiger partial charge in [-0.2, -0.15) is 0 Å². The predicted octanol–water partition coefficient (Wildman–Crippen LogP) is 0.318. The number of carbonyl (C=O) groups excluding carboxylic acids is 1. The maximum atomic E-state index is 11.4. The van der Waals surface area contributed by atoms with Crippen LogP contribution in [0.25, 0.3) is 0 Å². The molecule has 0 radical (unpaired) electrons. The van der Waals surface area contributed by atoms with Gasteiger partial charge in [0.15, 0.2) is 0 Å². The summed E-state index contributed by atoms with van der Waals surface area (Å²) in [5, 5.41) is 0. The smallest absolute Gasteiger partial charge is 0.240 e. The Morgan fingerprint density at radius 1 is 1.59 bits per heavy atom. The number of aromatic nitrogens is 2. The molecule has 1 aromatic heterocycles. The Kier molecular flexibility index (Phi) is 3.58. The van der Waals surface area contributed by atoms with Gasteiger partial charge in [-0.15, -0.1) is 0 Å². The molecular weight excluding hydrogens is 288 g/mol. The number of hydrogen-bond donors (Lipinski definition) is 1. The SMILES string of the molecule is CO[C@H]1C[C@@H](C(N)=O)N(c2ncc(Br)cn2)C1. The minimum Gasteiger partial charge on any atom is -0.380 e. The predicted molar refractivity (Wildman–Crippen MR) is 65.5 cm³/mol. The van der Waals surface area contributed by atoms with Gasteiger partial charge in [0, 0.05) is 32.5 Å². The van der Waals surface area contributed by atoms with Crippen LogP contribution in [-0.4, -0.2) is 41.7 Å². The van der Waals surface area contributed by atoms with Crippen LogP contribution in [0.2, 0.25) is 0 Å². The number of ether oxygens (including phenoxy) is 1. The van der Waals surface area contributed by atoms with E-state index in [1.165, 1.54) is 0 Å². The highest BCUT2D eigenvalue weighted by atomic mass is 79.9. The summed E-state index contributed by atoms with van der Waals surface area (Å²) in [5.41, 5.74) is 5.37. The third-order valence-electron chi connectivity index (χ3n) is 2.79. The maximum Gasteiger partial charge on any atom is 0.240 e. The normalized spacial score (nSPS) is 24.0. The van der Waals surface area contributed by atoms with E-state index in [0.717, 1.165) is 4.47 Å². The summed E-state index contributed by atoms with van der Waals surface area (Å²) in [4.78, 5) is 21.5. The van der Waals surface area contributed by atoms with E-state index in [1.807, 2.05) is 0 Å². The van der Waals surface area contributed by atoms with Crippen LogP contribution in [0, 0.1) is 0 Å². The number of hydrogen-bond acceptors (Lipinski definition) is 5. The molecule has 1 fully saturated rings. The molecule has 0 saturated carbocycles. The highest BCUT2D eigenvalue weighted by Gasteiger charge is 2.37. The molecule has 1 aliphatic heterocycles. The van der Waals surface area contributed by atoms with E-state index in [0.29, 0.717) is 18.9 Å². The van der Waals surface area contributed by atoms with Gasteiger partial charge in [-0.25, -0.2) is 9.97 Å². The Labute approximate surface area is 107 Å². The molecule has 1 amide bonds. The van der Waals surface area contributed by atoms with Crippen molar-refractivity contribution in [1.82, 2.24) is 9.97 Å². The average Bonchev–Trinajstić information content (AvgIpc) is 2.74. The van der Waals surface area contributed by atoms with Crippen molar-refractivity contribution in [2.45, 2.75) is 18.6 Å². The number of nitrogens with two attached hydrogens (primary N) is 1. The fourth-order valence-corrected chi connectivity index (χ4v) is 2.12. The fraction of sp³-hybridized carbons (Fsp3) is 0.500. The Bertz CT molecular complexity index is 411. The van der Waals surface area contributed by atoms with Crippen molar-refractivity contribution in [3.05, 3.63) is 16.9 Å². The monoisotopic (exact) mass is 300 g/mol. The van der Waals surface area contributed by atoms with Gasteiger partial charge in [-0.05, 0) is 15.9 Å². The molecule has 92 valence electrons. The Balaban J connectivity index is 2.23. The van der Waals surface area contributed by atoms with Gasteiger partial charge in [0.1, 0.15) is 6.04 Å². The first-order valence-electron chi connectivity index (χ1n) is 5.18. The molecule has 0 unspecified atom stereocenters. The van der Waals surface area contributed by atoms with Gasteiger partial charge in [-0.1, -0.05) is 0 Å². The van der Waals surface area contributed by atoms with Crippen LogP contribution in [0.4, 0.5) is 5.95 Å². The van der Waals surface area contributed by atoms with E-state index >= 15 is 0 Å². The summed E-state index contributed by atoms with van der Waals surface area (Å²) in [6.45, 7) is 0.575. The Morgan fingerprint density at radius 3 is 2.76 bits per heavy atom. The minimum atomic E-state index is -0.402. The lowest BCUT2D eigenvalue weighted by Gasteiger charge is -2.21. The first kappa shape index (κ1) is 12.3. The van der Waals surface area contributed by atoms with Gasteiger partial charge in [-0.3, -0.25) is 4.79 Å². The molecule has 2 rings (SSSR count). The number of amides is 1. The van der Waals surface area contributed by atoms with Crippen LogP contribution in [0.5, 0.6) is 0 Å². The van der Waals surface area contributed by atoms with Gasteiger partial charge < -0.3 is 15.4 Å². The van der Waals surface area contributed by atoms with Crippen molar-refractivity contribution in [2.24, 2.45) is 5.73 Å². The number of halogens is 1. The zero-order valence-electron chi connectivity index (χ0n) is 9.34. The van der Waals surface area contributed by atoms with Crippen molar-refractivity contribution in [1.29, 1.82) is 0 Å². The quantitative estimate of drug-likeness (QED) is 0.869.